The van der Waals surface area contributed by atoms with Gasteiger partial charge in [0.15, 0.2) is 0 Å². The standard InChI is InChI=1S/C27H29N5O/c1-31(2)27-29-17-23(19-9-4-3-5-10-19)26(30-27)20-11-8-14-32(18-20)25(33)15-21-16-28-24-13-7-6-12-22(21)24/h3-7,9-10,12-13,16-17,20,28H,8,11,14-15,18H2,1-2H3. The number of nitrogens with one attached hydrogen (secondary N) is 1. The van der Waals surface area contributed by atoms with Crippen molar-refractivity contribution < 1.29 is 4.79 Å². The highest BCUT2D eigenvalue weighted by molar-refractivity contribution is 5.89. The number of H-pyrrole nitrogens is 1. The summed E-state index contributed by atoms with van der Waals surface area (Å²) in [6.07, 6.45) is 6.29. The van der Waals surface area contributed by atoms with Crippen LogP contribution >= 0.6 is 0 Å². The Bertz CT molecular complexity index is 1260. The third-order valence-corrected chi connectivity index (χ3v) is 6.47. The second-order valence-electron chi connectivity index (χ2n) is 8.94. The number of piperidine rings is 1. The first-order chi connectivity index (χ1) is 16.1. The zero-order valence-corrected chi connectivity index (χ0v) is 19.2. The first-order valence-corrected chi connectivity index (χ1v) is 11.5. The molecule has 0 radical (unpaired) electrons. The number of aromatic amines is 1. The third-order valence-electron chi connectivity index (χ3n) is 6.47. The molecule has 4 aromatic rings. The zero-order valence-electron chi connectivity index (χ0n) is 19.2. The minimum absolute atomic E-state index is 0.174. The van der Waals surface area contributed by atoms with Crippen LogP contribution in [-0.2, 0) is 11.2 Å². The molecule has 1 atom stereocenters. The van der Waals surface area contributed by atoms with Gasteiger partial charge in [-0.25, -0.2) is 9.97 Å². The number of nitrogens with zero attached hydrogens (tertiary/aromatic N) is 4. The molecule has 1 fully saturated rings. The average molecular weight is 440 g/mol. The van der Waals surface area contributed by atoms with Crippen molar-refractivity contribution in [1.29, 1.82) is 0 Å². The number of hydrogen-bond donors (Lipinski definition) is 1. The van der Waals surface area contributed by atoms with Crippen molar-refractivity contribution >= 4 is 22.8 Å². The Morgan fingerprint density at radius 1 is 1.12 bits per heavy atom. The van der Waals surface area contributed by atoms with Gasteiger partial charge in [-0.2, -0.15) is 0 Å². The Balaban J connectivity index is 1.41. The van der Waals surface area contributed by atoms with Crippen molar-refractivity contribution in [2.75, 3.05) is 32.1 Å². The molecule has 1 amide bonds. The maximum Gasteiger partial charge on any atom is 0.227 e. The number of carbonyl (C=O) groups is 1. The molecule has 0 saturated carbocycles. The molecule has 2 aromatic heterocycles. The molecule has 0 spiro atoms. The van der Waals surface area contributed by atoms with Gasteiger partial charge in [-0.3, -0.25) is 4.79 Å². The van der Waals surface area contributed by atoms with Crippen LogP contribution in [0, 0.1) is 0 Å². The molecule has 33 heavy (non-hydrogen) atoms. The van der Waals surface area contributed by atoms with E-state index in [0.29, 0.717) is 18.9 Å². The third kappa shape index (κ3) is 4.33. The van der Waals surface area contributed by atoms with Crippen LogP contribution in [0.2, 0.25) is 0 Å². The van der Waals surface area contributed by atoms with Gasteiger partial charge in [0, 0.05) is 62.0 Å². The van der Waals surface area contributed by atoms with Crippen LogP contribution in [0.4, 0.5) is 5.95 Å². The lowest BCUT2D eigenvalue weighted by molar-refractivity contribution is -0.131. The number of rotatable bonds is 5. The molecular weight excluding hydrogens is 410 g/mol. The molecule has 1 aliphatic heterocycles. The first-order valence-electron chi connectivity index (χ1n) is 11.5. The topological polar surface area (TPSA) is 65.1 Å². The lowest BCUT2D eigenvalue weighted by Gasteiger charge is -2.33. The maximum absolute atomic E-state index is 13.3. The maximum atomic E-state index is 13.3. The van der Waals surface area contributed by atoms with Gasteiger partial charge in [0.2, 0.25) is 11.9 Å². The van der Waals surface area contributed by atoms with E-state index in [-0.39, 0.29) is 11.8 Å². The van der Waals surface area contributed by atoms with Crippen molar-refractivity contribution in [1.82, 2.24) is 19.9 Å². The highest BCUT2D eigenvalue weighted by Crippen LogP contribution is 2.34. The number of carbonyl (C=O) groups excluding carboxylic acids is 1. The summed E-state index contributed by atoms with van der Waals surface area (Å²) in [7, 11) is 3.92. The number of hydrogen-bond acceptors (Lipinski definition) is 4. The van der Waals surface area contributed by atoms with Crippen molar-refractivity contribution in [3.8, 4) is 11.1 Å². The summed E-state index contributed by atoms with van der Waals surface area (Å²) in [5, 5.41) is 1.12. The van der Waals surface area contributed by atoms with Gasteiger partial charge in [-0.1, -0.05) is 48.5 Å². The molecule has 1 aliphatic rings. The quantitative estimate of drug-likeness (QED) is 0.492. The fourth-order valence-electron chi connectivity index (χ4n) is 4.73. The lowest BCUT2D eigenvalue weighted by Crippen LogP contribution is -2.40. The van der Waals surface area contributed by atoms with E-state index in [1.165, 1.54) is 0 Å². The van der Waals surface area contributed by atoms with Gasteiger partial charge in [-0.15, -0.1) is 0 Å². The fraction of sp³-hybridized carbons (Fsp3) is 0.296. The van der Waals surface area contributed by atoms with Crippen LogP contribution in [0.1, 0.15) is 30.0 Å². The van der Waals surface area contributed by atoms with Gasteiger partial charge >= 0.3 is 0 Å². The molecule has 0 bridgehead atoms. The number of para-hydroxylation sites is 1. The van der Waals surface area contributed by atoms with Gasteiger partial charge < -0.3 is 14.8 Å². The second-order valence-corrected chi connectivity index (χ2v) is 8.94. The summed E-state index contributed by atoms with van der Waals surface area (Å²) in [6.45, 7) is 1.48. The van der Waals surface area contributed by atoms with E-state index < -0.39 is 0 Å². The zero-order chi connectivity index (χ0) is 22.8. The van der Waals surface area contributed by atoms with Crippen LogP contribution in [0.25, 0.3) is 22.0 Å². The van der Waals surface area contributed by atoms with E-state index in [9.17, 15) is 4.79 Å². The van der Waals surface area contributed by atoms with Crippen molar-refractivity contribution in [2.45, 2.75) is 25.2 Å². The van der Waals surface area contributed by atoms with E-state index in [0.717, 1.165) is 52.7 Å². The summed E-state index contributed by atoms with van der Waals surface area (Å²) in [4.78, 5) is 30.0. The molecule has 3 heterocycles. The van der Waals surface area contributed by atoms with Crippen LogP contribution < -0.4 is 4.90 Å². The van der Waals surface area contributed by atoms with Crippen LogP contribution in [-0.4, -0.2) is 52.9 Å². The predicted octanol–water partition coefficient (Wildman–Crippen LogP) is 4.64. The minimum atomic E-state index is 0.174. The fourth-order valence-corrected chi connectivity index (χ4v) is 4.73. The Morgan fingerprint density at radius 3 is 2.73 bits per heavy atom. The number of anilines is 1. The molecule has 6 nitrogen and oxygen atoms in total. The van der Waals surface area contributed by atoms with Crippen LogP contribution in [0.5, 0.6) is 0 Å². The van der Waals surface area contributed by atoms with E-state index in [1.54, 1.807) is 0 Å². The SMILES string of the molecule is CN(C)c1ncc(-c2ccccc2)c(C2CCCN(C(=O)Cc3c[nH]c4ccccc34)C2)n1. The molecule has 2 aromatic carbocycles. The Morgan fingerprint density at radius 2 is 1.91 bits per heavy atom. The van der Waals surface area contributed by atoms with Gasteiger partial charge in [0.05, 0.1) is 12.1 Å². The number of fused-ring (bicyclic) bond motifs is 1. The minimum Gasteiger partial charge on any atom is -0.361 e. The van der Waals surface area contributed by atoms with Crippen LogP contribution in [0.15, 0.2) is 67.0 Å². The molecule has 1 N–H and O–H groups in total. The van der Waals surface area contributed by atoms with E-state index >= 15 is 0 Å². The average Bonchev–Trinajstić information content (AvgIpc) is 3.27. The molecule has 6 heteroatoms. The number of likely N-dealkylation sites (tertiary alicyclic amines) is 1. The highest BCUT2D eigenvalue weighted by Gasteiger charge is 2.28. The smallest absolute Gasteiger partial charge is 0.227 e. The molecule has 0 aliphatic carbocycles. The van der Waals surface area contributed by atoms with Gasteiger partial charge in [-0.05, 0) is 30.0 Å². The summed E-state index contributed by atoms with van der Waals surface area (Å²) in [5.74, 6) is 1.06. The molecular formula is C27H29N5O. The summed E-state index contributed by atoms with van der Waals surface area (Å²) in [6, 6.07) is 18.4. The highest BCUT2D eigenvalue weighted by atomic mass is 16.2. The second kappa shape index (κ2) is 9.06. The molecule has 5 rings (SSSR count). The summed E-state index contributed by atoms with van der Waals surface area (Å²) >= 11 is 0. The van der Waals surface area contributed by atoms with Gasteiger partial charge in [0.1, 0.15) is 0 Å². The predicted molar refractivity (Wildman–Crippen MR) is 132 cm³/mol. The van der Waals surface area contributed by atoms with Crippen molar-refractivity contribution in [3.05, 3.63) is 78.2 Å². The van der Waals surface area contributed by atoms with E-state index in [2.05, 4.69) is 28.2 Å². The van der Waals surface area contributed by atoms with E-state index in [4.69, 9.17) is 4.98 Å². The molecule has 1 saturated heterocycles. The lowest BCUT2D eigenvalue weighted by atomic mass is 9.89. The summed E-state index contributed by atoms with van der Waals surface area (Å²) < 4.78 is 0. The first kappa shape index (κ1) is 21.2. The van der Waals surface area contributed by atoms with Gasteiger partial charge in [0.25, 0.3) is 0 Å². The van der Waals surface area contributed by atoms with E-state index in [1.807, 2.05) is 72.7 Å². The molecule has 168 valence electrons. The monoisotopic (exact) mass is 439 g/mol. The Labute approximate surface area is 194 Å². The van der Waals surface area contributed by atoms with Crippen molar-refractivity contribution in [3.63, 3.8) is 0 Å². The normalized spacial score (nSPS) is 16.2. The van der Waals surface area contributed by atoms with Crippen LogP contribution in [0.3, 0.4) is 0 Å². The Hall–Kier alpha value is -3.67. The van der Waals surface area contributed by atoms with Crippen molar-refractivity contribution in [2.24, 2.45) is 0 Å². The molecule has 1 unspecified atom stereocenters. The number of benzene rings is 2. The largest absolute Gasteiger partial charge is 0.361 e. The number of amides is 1. The Kier molecular flexibility index (Phi) is 5.82. The summed E-state index contributed by atoms with van der Waals surface area (Å²) in [5.41, 5.74) is 5.32. The number of aromatic nitrogens is 3.